The van der Waals surface area contributed by atoms with Gasteiger partial charge in [0.15, 0.2) is 0 Å². The van der Waals surface area contributed by atoms with Gasteiger partial charge in [0.2, 0.25) is 0 Å². The molecule has 0 aliphatic heterocycles. The number of nitrogens with zero attached hydrogens (tertiary/aromatic N) is 1. The van der Waals surface area contributed by atoms with E-state index in [9.17, 15) is 17.6 Å². The molecule has 2 nitrogen and oxygen atoms in total. The van der Waals surface area contributed by atoms with Gasteiger partial charge < -0.3 is 5.73 Å². The molecule has 0 aliphatic carbocycles. The van der Waals surface area contributed by atoms with Crippen molar-refractivity contribution < 1.29 is 17.6 Å². The van der Waals surface area contributed by atoms with Crippen LogP contribution in [0.4, 0.5) is 17.6 Å². The van der Waals surface area contributed by atoms with Crippen LogP contribution >= 0.6 is 0 Å². The minimum Gasteiger partial charge on any atom is -0.383 e. The van der Waals surface area contributed by atoms with Crippen molar-refractivity contribution in [2.24, 2.45) is 10.7 Å². The van der Waals surface area contributed by atoms with Crippen LogP contribution in [0.3, 0.4) is 0 Å². The third-order valence-corrected chi connectivity index (χ3v) is 1.89. The number of benzene rings is 1. The van der Waals surface area contributed by atoms with E-state index in [1.54, 1.807) is 6.92 Å². The Morgan fingerprint density at radius 2 is 2.00 bits per heavy atom. The fourth-order valence-corrected chi connectivity index (χ4v) is 1.23. The summed E-state index contributed by atoms with van der Waals surface area (Å²) in [5, 5.41) is 0. The highest BCUT2D eigenvalue weighted by molar-refractivity contribution is 5.99. The Balaban J connectivity index is 3.34. The maximum atomic E-state index is 12.7. The van der Waals surface area contributed by atoms with Crippen LogP contribution < -0.4 is 5.73 Å². The lowest BCUT2D eigenvalue weighted by Crippen LogP contribution is -2.20. The molecule has 0 unspecified atom stereocenters. The number of hydrogen-bond donors (Lipinski definition) is 1. The lowest BCUT2D eigenvalue weighted by Gasteiger charge is -2.12. The Morgan fingerprint density at radius 1 is 1.38 bits per heavy atom. The molecule has 0 amide bonds. The lowest BCUT2D eigenvalue weighted by atomic mass is 10.1. The molecular formula is C10H10F4N2. The summed E-state index contributed by atoms with van der Waals surface area (Å²) < 4.78 is 50.4. The number of alkyl halides is 3. The second kappa shape index (κ2) is 4.51. The minimum absolute atomic E-state index is 0.241. The van der Waals surface area contributed by atoms with Gasteiger partial charge >= 0.3 is 6.18 Å². The topological polar surface area (TPSA) is 38.4 Å². The number of aliphatic imine (C=N–C) groups is 1. The molecule has 6 heteroatoms. The first-order valence-electron chi connectivity index (χ1n) is 4.53. The van der Waals surface area contributed by atoms with E-state index in [1.165, 1.54) is 0 Å². The zero-order valence-corrected chi connectivity index (χ0v) is 8.48. The molecular weight excluding hydrogens is 224 g/mol. The number of halogens is 4. The maximum absolute atomic E-state index is 12.7. The van der Waals surface area contributed by atoms with E-state index in [0.29, 0.717) is 6.07 Å². The van der Waals surface area contributed by atoms with Crippen LogP contribution in [-0.2, 0) is 6.18 Å². The number of hydrogen-bond acceptors (Lipinski definition) is 1. The van der Waals surface area contributed by atoms with Gasteiger partial charge in [0.25, 0.3) is 0 Å². The minimum atomic E-state index is -4.65. The lowest BCUT2D eigenvalue weighted by molar-refractivity contribution is -0.137. The zero-order chi connectivity index (χ0) is 12.3. The summed E-state index contributed by atoms with van der Waals surface area (Å²) in [6, 6.07) is 2.31. The summed E-state index contributed by atoms with van der Waals surface area (Å²) in [6.07, 6.45) is -4.65. The van der Waals surface area contributed by atoms with Crippen LogP contribution in [0, 0.1) is 5.82 Å². The van der Waals surface area contributed by atoms with Crippen LogP contribution in [0.1, 0.15) is 18.1 Å². The van der Waals surface area contributed by atoms with Gasteiger partial charge in [0.05, 0.1) is 5.56 Å². The number of amidine groups is 1. The average molecular weight is 234 g/mol. The molecule has 88 valence electrons. The summed E-state index contributed by atoms with van der Waals surface area (Å²) in [4.78, 5) is 3.67. The molecule has 2 N–H and O–H groups in total. The fourth-order valence-electron chi connectivity index (χ4n) is 1.23. The van der Waals surface area contributed by atoms with Crippen molar-refractivity contribution in [1.29, 1.82) is 0 Å². The van der Waals surface area contributed by atoms with Crippen LogP contribution in [0.5, 0.6) is 0 Å². The van der Waals surface area contributed by atoms with Gasteiger partial charge in [-0.2, -0.15) is 13.2 Å². The summed E-state index contributed by atoms with van der Waals surface area (Å²) in [7, 11) is 0. The van der Waals surface area contributed by atoms with Gasteiger partial charge in [-0.15, -0.1) is 0 Å². The van der Waals surface area contributed by atoms with Gasteiger partial charge in [-0.25, -0.2) is 4.39 Å². The molecule has 1 aromatic rings. The van der Waals surface area contributed by atoms with E-state index in [-0.39, 0.29) is 17.9 Å². The Morgan fingerprint density at radius 3 is 2.50 bits per heavy atom. The normalized spacial score (nSPS) is 12.9. The molecule has 0 saturated heterocycles. The van der Waals surface area contributed by atoms with Crippen molar-refractivity contribution >= 4 is 5.84 Å². The molecule has 0 aromatic heterocycles. The monoisotopic (exact) mass is 234 g/mol. The molecule has 0 heterocycles. The van der Waals surface area contributed by atoms with Crippen LogP contribution in [0.2, 0.25) is 0 Å². The van der Waals surface area contributed by atoms with E-state index in [1.807, 2.05) is 0 Å². The Bertz CT molecular complexity index is 410. The van der Waals surface area contributed by atoms with Gasteiger partial charge in [0, 0.05) is 12.1 Å². The Kier molecular flexibility index (Phi) is 3.51. The second-order valence-corrected chi connectivity index (χ2v) is 3.05. The first kappa shape index (κ1) is 12.5. The van der Waals surface area contributed by atoms with E-state index < -0.39 is 17.6 Å². The van der Waals surface area contributed by atoms with Crippen molar-refractivity contribution in [3.8, 4) is 0 Å². The molecule has 0 radical (unpaired) electrons. The van der Waals surface area contributed by atoms with Crippen molar-refractivity contribution in [2.75, 3.05) is 6.54 Å². The van der Waals surface area contributed by atoms with E-state index in [0.717, 1.165) is 12.1 Å². The van der Waals surface area contributed by atoms with Crippen molar-refractivity contribution in [1.82, 2.24) is 0 Å². The van der Waals surface area contributed by atoms with Crippen LogP contribution in [0.15, 0.2) is 23.2 Å². The quantitative estimate of drug-likeness (QED) is 0.476. The van der Waals surface area contributed by atoms with Crippen molar-refractivity contribution in [3.63, 3.8) is 0 Å². The predicted octanol–water partition coefficient (Wildman–Crippen LogP) is 2.57. The van der Waals surface area contributed by atoms with Crippen molar-refractivity contribution in [3.05, 3.63) is 35.1 Å². The molecule has 0 bridgehead atoms. The van der Waals surface area contributed by atoms with Crippen LogP contribution in [-0.4, -0.2) is 12.4 Å². The van der Waals surface area contributed by atoms with Crippen LogP contribution in [0.25, 0.3) is 0 Å². The maximum Gasteiger partial charge on any atom is 0.417 e. The molecule has 0 fully saturated rings. The first-order chi connectivity index (χ1) is 7.36. The number of rotatable bonds is 2. The van der Waals surface area contributed by atoms with Gasteiger partial charge in [-0.05, 0) is 25.1 Å². The van der Waals surface area contributed by atoms with Gasteiger partial charge in [0.1, 0.15) is 11.7 Å². The predicted molar refractivity (Wildman–Crippen MR) is 52.7 cm³/mol. The van der Waals surface area contributed by atoms with E-state index in [2.05, 4.69) is 4.99 Å². The van der Waals surface area contributed by atoms with E-state index in [4.69, 9.17) is 5.73 Å². The highest BCUT2D eigenvalue weighted by Gasteiger charge is 2.34. The molecule has 1 rings (SSSR count). The Labute approximate surface area is 89.8 Å². The SMILES string of the molecule is CCN=C(N)c1ccc(F)cc1C(F)(F)F. The van der Waals surface area contributed by atoms with E-state index >= 15 is 0 Å². The Hall–Kier alpha value is -1.59. The molecule has 0 atom stereocenters. The summed E-state index contributed by atoms with van der Waals surface area (Å²) >= 11 is 0. The first-order valence-corrected chi connectivity index (χ1v) is 4.53. The summed E-state index contributed by atoms with van der Waals surface area (Å²) in [5.41, 5.74) is 3.98. The summed E-state index contributed by atoms with van der Waals surface area (Å²) in [6.45, 7) is 1.91. The molecule has 0 saturated carbocycles. The average Bonchev–Trinajstić information content (AvgIpc) is 2.16. The van der Waals surface area contributed by atoms with Crippen molar-refractivity contribution in [2.45, 2.75) is 13.1 Å². The third-order valence-electron chi connectivity index (χ3n) is 1.89. The fraction of sp³-hybridized carbons (Fsp3) is 0.300. The highest BCUT2D eigenvalue weighted by atomic mass is 19.4. The van der Waals surface area contributed by atoms with Gasteiger partial charge in [-0.1, -0.05) is 0 Å². The smallest absolute Gasteiger partial charge is 0.383 e. The summed E-state index contributed by atoms with van der Waals surface area (Å²) in [5.74, 6) is -1.20. The molecule has 0 aliphatic rings. The zero-order valence-electron chi connectivity index (χ0n) is 8.48. The molecule has 16 heavy (non-hydrogen) atoms. The molecule has 1 aromatic carbocycles. The third kappa shape index (κ3) is 2.71. The standard InChI is InChI=1S/C10H10F4N2/c1-2-16-9(15)7-4-3-6(11)5-8(7)10(12,13)14/h3-5H,2H2,1H3,(H2,15,16). The van der Waals surface area contributed by atoms with Gasteiger partial charge in [-0.3, -0.25) is 4.99 Å². The highest BCUT2D eigenvalue weighted by Crippen LogP contribution is 2.32. The number of nitrogens with two attached hydrogens (primary N) is 1. The second-order valence-electron chi connectivity index (χ2n) is 3.05. The largest absolute Gasteiger partial charge is 0.417 e. The molecule has 0 spiro atoms.